The van der Waals surface area contributed by atoms with Crippen molar-refractivity contribution >= 4 is 60.7 Å². The van der Waals surface area contributed by atoms with E-state index in [1.165, 1.54) is 54.1 Å². The van der Waals surface area contributed by atoms with E-state index < -0.39 is 15.9 Å². The Morgan fingerprint density at radius 1 is 1.03 bits per heavy atom. The number of aryl methyl sites for hydroxylation is 1. The first kappa shape index (κ1) is 25.8. The number of thiazole rings is 1. The lowest BCUT2D eigenvalue weighted by atomic mass is 10.2. The van der Waals surface area contributed by atoms with Gasteiger partial charge >= 0.3 is 0 Å². The van der Waals surface area contributed by atoms with Crippen LogP contribution in [-0.4, -0.2) is 63.7 Å². The number of methoxy groups -OCH3 is 2. The third kappa shape index (κ3) is 5.65. The molecular formula is C21H23Cl2N3O5S2. The van der Waals surface area contributed by atoms with Crippen LogP contribution in [-0.2, 0) is 26.5 Å². The van der Waals surface area contributed by atoms with Crippen LogP contribution in [0.5, 0.6) is 0 Å². The summed E-state index contributed by atoms with van der Waals surface area (Å²) in [6.45, 7) is 0.870. The number of carbonyl (C=O) groups is 1. The number of nitrogens with zero attached hydrogens (tertiary/aromatic N) is 3. The zero-order valence-corrected chi connectivity index (χ0v) is 21.4. The Morgan fingerprint density at radius 3 is 2.15 bits per heavy atom. The second-order valence-corrected chi connectivity index (χ2v) is 10.7. The van der Waals surface area contributed by atoms with E-state index in [1.54, 1.807) is 23.7 Å². The van der Waals surface area contributed by atoms with Gasteiger partial charge in [-0.25, -0.2) is 8.42 Å². The normalized spacial score (nSPS) is 12.7. The molecule has 0 unspecified atom stereocenters. The molecule has 33 heavy (non-hydrogen) atoms. The largest absolute Gasteiger partial charge is 0.383 e. The summed E-state index contributed by atoms with van der Waals surface area (Å²) in [6.07, 6.45) is 0. The maximum Gasteiger partial charge on any atom is 0.279 e. The molecule has 3 aromatic rings. The van der Waals surface area contributed by atoms with Gasteiger partial charge in [0, 0.05) is 39.9 Å². The number of benzene rings is 2. The van der Waals surface area contributed by atoms with E-state index in [4.69, 9.17) is 32.7 Å². The van der Waals surface area contributed by atoms with Gasteiger partial charge < -0.3 is 14.0 Å². The van der Waals surface area contributed by atoms with Crippen molar-refractivity contribution in [1.29, 1.82) is 0 Å². The summed E-state index contributed by atoms with van der Waals surface area (Å²) in [5.41, 5.74) is 0.943. The average Bonchev–Trinajstić information content (AvgIpc) is 3.13. The Bertz CT molecular complexity index is 1310. The average molecular weight is 532 g/mol. The smallest absolute Gasteiger partial charge is 0.279 e. The lowest BCUT2D eigenvalue weighted by Gasteiger charge is -2.21. The minimum absolute atomic E-state index is 0.0669. The molecule has 0 fully saturated rings. The molecule has 0 aliphatic rings. The number of aromatic nitrogens is 1. The van der Waals surface area contributed by atoms with E-state index in [9.17, 15) is 13.2 Å². The highest BCUT2D eigenvalue weighted by atomic mass is 35.5. The highest BCUT2D eigenvalue weighted by Gasteiger charge is 2.24. The number of rotatable bonds is 9. The Morgan fingerprint density at radius 2 is 1.61 bits per heavy atom. The summed E-state index contributed by atoms with van der Waals surface area (Å²) in [7, 11) is 0.974. The second kappa shape index (κ2) is 11.1. The topological polar surface area (TPSA) is 90.2 Å². The van der Waals surface area contributed by atoms with E-state index in [1.807, 2.05) is 0 Å². The predicted molar refractivity (Wildman–Crippen MR) is 130 cm³/mol. The molecule has 1 heterocycles. The van der Waals surface area contributed by atoms with Gasteiger partial charge in [0.15, 0.2) is 4.80 Å². The van der Waals surface area contributed by atoms with Crippen LogP contribution < -0.4 is 4.80 Å². The fourth-order valence-electron chi connectivity index (χ4n) is 3.09. The molecule has 0 radical (unpaired) electrons. The summed E-state index contributed by atoms with van der Waals surface area (Å²) in [4.78, 5) is 17.4. The minimum Gasteiger partial charge on any atom is -0.383 e. The van der Waals surface area contributed by atoms with Gasteiger partial charge in [0.25, 0.3) is 5.91 Å². The van der Waals surface area contributed by atoms with Gasteiger partial charge in [0.1, 0.15) is 0 Å². The fraction of sp³-hybridized carbons (Fsp3) is 0.333. The van der Waals surface area contributed by atoms with Gasteiger partial charge in [-0.1, -0.05) is 34.5 Å². The Hall–Kier alpha value is -1.79. The maximum atomic E-state index is 13.0. The molecule has 8 nitrogen and oxygen atoms in total. The first-order valence-corrected chi connectivity index (χ1v) is 12.8. The molecule has 12 heteroatoms. The summed E-state index contributed by atoms with van der Waals surface area (Å²) in [6, 6.07) is 9.04. The van der Waals surface area contributed by atoms with E-state index in [-0.39, 0.29) is 36.8 Å². The van der Waals surface area contributed by atoms with E-state index >= 15 is 0 Å². The van der Waals surface area contributed by atoms with Crippen molar-refractivity contribution < 1.29 is 22.7 Å². The molecule has 0 N–H and O–H groups in total. The molecule has 3 rings (SSSR count). The molecule has 1 aromatic heterocycles. The van der Waals surface area contributed by atoms with Crippen LogP contribution in [0.15, 0.2) is 46.3 Å². The number of carbonyl (C=O) groups excluding carboxylic acids is 1. The predicted octanol–water partition coefficient (Wildman–Crippen LogP) is 3.57. The maximum absolute atomic E-state index is 13.0. The molecule has 0 atom stereocenters. The standard InChI is InChI=1S/C21H23Cl2N3O5S2/c1-25-18-16(22)8-9-17(23)19(18)32-21(25)24-20(27)14-4-6-15(7-5-14)33(28,29)26(10-12-30-2)11-13-31-3/h4-9H,10-13H2,1-3H3. The van der Waals surface area contributed by atoms with Gasteiger partial charge in [0.05, 0.1) is 38.4 Å². The first-order valence-electron chi connectivity index (χ1n) is 9.81. The number of hydrogen-bond donors (Lipinski definition) is 0. The monoisotopic (exact) mass is 531 g/mol. The Labute approximate surface area is 206 Å². The van der Waals surface area contributed by atoms with Crippen molar-refractivity contribution in [3.63, 3.8) is 0 Å². The number of amides is 1. The highest BCUT2D eigenvalue weighted by Crippen LogP contribution is 2.31. The van der Waals surface area contributed by atoms with Crippen molar-refractivity contribution in [1.82, 2.24) is 8.87 Å². The third-order valence-electron chi connectivity index (χ3n) is 4.88. The van der Waals surface area contributed by atoms with Crippen LogP contribution in [0, 0.1) is 0 Å². The lowest BCUT2D eigenvalue weighted by Crippen LogP contribution is -2.36. The summed E-state index contributed by atoms with van der Waals surface area (Å²) < 4.78 is 39.8. The van der Waals surface area contributed by atoms with Crippen molar-refractivity contribution in [2.45, 2.75) is 4.90 Å². The van der Waals surface area contributed by atoms with Crippen LogP contribution in [0.1, 0.15) is 10.4 Å². The molecule has 178 valence electrons. The summed E-state index contributed by atoms with van der Waals surface area (Å²) in [5.74, 6) is -0.510. The number of hydrogen-bond acceptors (Lipinski definition) is 6. The quantitative estimate of drug-likeness (QED) is 0.421. The van der Waals surface area contributed by atoms with E-state index in [2.05, 4.69) is 4.99 Å². The van der Waals surface area contributed by atoms with E-state index in [0.717, 1.165) is 4.70 Å². The molecule has 0 spiro atoms. The van der Waals surface area contributed by atoms with Crippen LogP contribution in [0.2, 0.25) is 10.0 Å². The van der Waals surface area contributed by atoms with Crippen molar-refractivity contribution in [2.75, 3.05) is 40.5 Å². The Kier molecular flexibility index (Phi) is 8.68. The van der Waals surface area contributed by atoms with Crippen LogP contribution in [0.25, 0.3) is 10.2 Å². The van der Waals surface area contributed by atoms with Crippen LogP contribution in [0.4, 0.5) is 0 Å². The molecule has 1 amide bonds. The first-order chi connectivity index (χ1) is 15.7. The second-order valence-electron chi connectivity index (χ2n) is 6.98. The Balaban J connectivity index is 1.90. The van der Waals surface area contributed by atoms with Gasteiger partial charge in [-0.15, -0.1) is 0 Å². The van der Waals surface area contributed by atoms with Gasteiger partial charge in [0.2, 0.25) is 10.0 Å². The minimum atomic E-state index is -3.78. The number of fused-ring (bicyclic) bond motifs is 1. The molecular weight excluding hydrogens is 509 g/mol. The summed E-state index contributed by atoms with van der Waals surface area (Å²) >= 11 is 13.8. The fourth-order valence-corrected chi connectivity index (χ4v) is 6.16. The number of sulfonamides is 1. The molecule has 0 saturated carbocycles. The van der Waals surface area contributed by atoms with Crippen molar-refractivity contribution in [2.24, 2.45) is 12.0 Å². The van der Waals surface area contributed by atoms with Gasteiger partial charge in [-0.2, -0.15) is 9.30 Å². The molecule has 0 aliphatic heterocycles. The summed E-state index contributed by atoms with van der Waals surface area (Å²) in [5, 5.41) is 1.02. The molecule has 0 saturated heterocycles. The number of ether oxygens (including phenoxy) is 2. The van der Waals surface area contributed by atoms with Crippen LogP contribution in [0.3, 0.4) is 0 Å². The number of halogens is 2. The van der Waals surface area contributed by atoms with Crippen LogP contribution >= 0.6 is 34.5 Å². The molecule has 0 aliphatic carbocycles. The lowest BCUT2D eigenvalue weighted by molar-refractivity contribution is 0.0998. The zero-order valence-electron chi connectivity index (χ0n) is 18.2. The van der Waals surface area contributed by atoms with Crippen molar-refractivity contribution in [3.05, 3.63) is 56.8 Å². The SMILES string of the molecule is COCCN(CCOC)S(=O)(=O)c1ccc(C(=O)N=c2sc3c(Cl)ccc(Cl)c3n2C)cc1. The third-order valence-corrected chi connectivity index (χ3v) is 8.69. The highest BCUT2D eigenvalue weighted by molar-refractivity contribution is 7.89. The zero-order chi connectivity index (χ0) is 24.2. The van der Waals surface area contributed by atoms with E-state index in [0.29, 0.717) is 20.4 Å². The molecule has 2 aromatic carbocycles. The molecule has 0 bridgehead atoms. The van der Waals surface area contributed by atoms with Crippen molar-refractivity contribution in [3.8, 4) is 0 Å². The van der Waals surface area contributed by atoms with Gasteiger partial charge in [-0.3, -0.25) is 4.79 Å². The van der Waals surface area contributed by atoms with Gasteiger partial charge in [-0.05, 0) is 36.4 Å².